The summed E-state index contributed by atoms with van der Waals surface area (Å²) in [7, 11) is 0. The molecule has 0 bridgehead atoms. The number of nitrogens with zero attached hydrogens (tertiary/aromatic N) is 4. The SMILES string of the molecule is Nc1ncnc2c(C3CCCC3)nc(-c3ccc(Oc4ccccc4)cc3)nc12. The second-order valence-corrected chi connectivity index (χ2v) is 7.31. The highest BCUT2D eigenvalue weighted by Crippen LogP contribution is 2.37. The molecule has 2 aromatic carbocycles. The van der Waals surface area contributed by atoms with Crippen LogP contribution in [-0.4, -0.2) is 19.9 Å². The maximum atomic E-state index is 6.12. The van der Waals surface area contributed by atoms with Gasteiger partial charge in [0.05, 0.1) is 5.69 Å². The Hall–Kier alpha value is -3.54. The van der Waals surface area contributed by atoms with Gasteiger partial charge in [-0.3, -0.25) is 0 Å². The molecule has 2 aromatic heterocycles. The molecule has 0 unspecified atom stereocenters. The molecule has 1 aliphatic carbocycles. The van der Waals surface area contributed by atoms with Crippen molar-refractivity contribution in [1.29, 1.82) is 0 Å². The number of hydrogen-bond acceptors (Lipinski definition) is 6. The summed E-state index contributed by atoms with van der Waals surface area (Å²) in [6, 6.07) is 17.5. The monoisotopic (exact) mass is 383 g/mol. The minimum absolute atomic E-state index is 0.391. The van der Waals surface area contributed by atoms with Crippen LogP contribution in [0.3, 0.4) is 0 Å². The molecule has 0 amide bonds. The molecule has 0 radical (unpaired) electrons. The molecule has 0 aliphatic heterocycles. The van der Waals surface area contributed by atoms with Gasteiger partial charge in [-0.1, -0.05) is 31.0 Å². The smallest absolute Gasteiger partial charge is 0.160 e. The zero-order valence-electron chi connectivity index (χ0n) is 16.0. The summed E-state index contributed by atoms with van der Waals surface area (Å²) in [4.78, 5) is 18.2. The van der Waals surface area contributed by atoms with Crippen LogP contribution < -0.4 is 10.5 Å². The Balaban J connectivity index is 1.53. The second-order valence-electron chi connectivity index (χ2n) is 7.31. The summed E-state index contributed by atoms with van der Waals surface area (Å²) in [6.07, 6.45) is 6.18. The Morgan fingerprint density at radius 2 is 1.52 bits per heavy atom. The molecule has 0 atom stereocenters. The summed E-state index contributed by atoms with van der Waals surface area (Å²) in [5, 5.41) is 0. The van der Waals surface area contributed by atoms with E-state index >= 15 is 0 Å². The van der Waals surface area contributed by atoms with Crippen LogP contribution in [0.25, 0.3) is 22.4 Å². The first kappa shape index (κ1) is 17.6. The lowest BCUT2D eigenvalue weighted by Gasteiger charge is -2.14. The number of para-hydroxylation sites is 1. The molecule has 0 spiro atoms. The number of benzene rings is 2. The van der Waals surface area contributed by atoms with Gasteiger partial charge >= 0.3 is 0 Å². The predicted molar refractivity (Wildman–Crippen MR) is 113 cm³/mol. The minimum atomic E-state index is 0.391. The standard InChI is InChI=1S/C23H21N5O/c24-22-21-20(25-14-26-22)19(15-6-4-5-7-15)27-23(28-21)16-10-12-18(13-11-16)29-17-8-2-1-3-9-17/h1-3,8-15H,4-7H2,(H2,24,25,26). The van der Waals surface area contributed by atoms with Crippen LogP contribution in [-0.2, 0) is 0 Å². The number of nitrogen functional groups attached to an aromatic ring is 1. The van der Waals surface area contributed by atoms with Crippen LogP contribution in [0, 0.1) is 0 Å². The van der Waals surface area contributed by atoms with Crippen molar-refractivity contribution in [2.24, 2.45) is 0 Å². The number of aromatic nitrogens is 4. The largest absolute Gasteiger partial charge is 0.457 e. The maximum absolute atomic E-state index is 6.12. The molecule has 1 fully saturated rings. The molecule has 29 heavy (non-hydrogen) atoms. The average molecular weight is 383 g/mol. The van der Waals surface area contributed by atoms with Gasteiger partial charge in [-0.25, -0.2) is 19.9 Å². The van der Waals surface area contributed by atoms with Crippen LogP contribution in [0.15, 0.2) is 60.9 Å². The lowest BCUT2D eigenvalue weighted by Crippen LogP contribution is -2.06. The zero-order chi connectivity index (χ0) is 19.6. The van der Waals surface area contributed by atoms with Gasteiger partial charge in [0.2, 0.25) is 0 Å². The summed E-state index contributed by atoms with van der Waals surface area (Å²) in [5.41, 5.74) is 9.42. The Morgan fingerprint density at radius 1 is 0.793 bits per heavy atom. The third-order valence-corrected chi connectivity index (χ3v) is 5.37. The fourth-order valence-corrected chi connectivity index (χ4v) is 3.90. The van der Waals surface area contributed by atoms with E-state index in [-0.39, 0.29) is 0 Å². The van der Waals surface area contributed by atoms with Crippen molar-refractivity contribution in [2.45, 2.75) is 31.6 Å². The third kappa shape index (κ3) is 3.49. The highest BCUT2D eigenvalue weighted by Gasteiger charge is 2.24. The quantitative estimate of drug-likeness (QED) is 0.526. The average Bonchev–Trinajstić information content (AvgIpc) is 3.30. The highest BCUT2D eigenvalue weighted by molar-refractivity contribution is 5.87. The van der Waals surface area contributed by atoms with Crippen LogP contribution in [0.1, 0.15) is 37.3 Å². The molecule has 6 nitrogen and oxygen atoms in total. The summed E-state index contributed by atoms with van der Waals surface area (Å²) in [6.45, 7) is 0. The van der Waals surface area contributed by atoms with E-state index in [9.17, 15) is 0 Å². The molecular formula is C23H21N5O. The predicted octanol–water partition coefficient (Wildman–Crippen LogP) is 5.12. The molecule has 0 saturated heterocycles. The van der Waals surface area contributed by atoms with Gasteiger partial charge in [0.15, 0.2) is 11.6 Å². The number of rotatable bonds is 4. The fraction of sp³-hybridized carbons (Fsp3) is 0.217. The van der Waals surface area contributed by atoms with Crippen LogP contribution in [0.5, 0.6) is 11.5 Å². The molecule has 5 rings (SSSR count). The molecular weight excluding hydrogens is 362 g/mol. The van der Waals surface area contributed by atoms with Gasteiger partial charge in [0.1, 0.15) is 28.9 Å². The Labute approximate surface area is 168 Å². The number of ether oxygens (including phenoxy) is 1. The number of fused-ring (bicyclic) bond motifs is 1. The minimum Gasteiger partial charge on any atom is -0.457 e. The normalized spacial score (nSPS) is 14.3. The first-order chi connectivity index (χ1) is 14.3. The molecule has 2 heterocycles. The zero-order valence-corrected chi connectivity index (χ0v) is 16.0. The van der Waals surface area contributed by atoms with Crippen molar-refractivity contribution in [2.75, 3.05) is 5.73 Å². The Kier molecular flexibility index (Phi) is 4.52. The van der Waals surface area contributed by atoms with Crippen molar-refractivity contribution in [3.8, 4) is 22.9 Å². The highest BCUT2D eigenvalue weighted by atomic mass is 16.5. The van der Waals surface area contributed by atoms with Crippen LogP contribution >= 0.6 is 0 Å². The lowest BCUT2D eigenvalue weighted by molar-refractivity contribution is 0.483. The van der Waals surface area contributed by atoms with Gasteiger partial charge in [0.25, 0.3) is 0 Å². The van der Waals surface area contributed by atoms with Crippen molar-refractivity contribution in [3.05, 3.63) is 66.6 Å². The van der Waals surface area contributed by atoms with Gasteiger partial charge in [-0.15, -0.1) is 0 Å². The van der Waals surface area contributed by atoms with E-state index in [2.05, 4.69) is 15.0 Å². The Morgan fingerprint density at radius 3 is 2.28 bits per heavy atom. The van der Waals surface area contributed by atoms with Crippen molar-refractivity contribution >= 4 is 16.9 Å². The van der Waals surface area contributed by atoms with Gasteiger partial charge < -0.3 is 10.5 Å². The van der Waals surface area contributed by atoms with E-state index in [1.807, 2.05) is 54.6 Å². The summed E-state index contributed by atoms with van der Waals surface area (Å²) >= 11 is 0. The number of hydrogen-bond donors (Lipinski definition) is 1. The molecule has 2 N–H and O–H groups in total. The summed E-state index contributed by atoms with van der Waals surface area (Å²) < 4.78 is 5.88. The number of nitrogens with two attached hydrogens (primary N) is 1. The molecule has 4 aromatic rings. The molecule has 6 heteroatoms. The Bertz CT molecular complexity index is 1140. The fourth-order valence-electron chi connectivity index (χ4n) is 3.90. The van der Waals surface area contributed by atoms with E-state index in [1.165, 1.54) is 19.2 Å². The van der Waals surface area contributed by atoms with Gasteiger partial charge in [-0.05, 0) is 49.2 Å². The first-order valence-electron chi connectivity index (χ1n) is 9.89. The lowest BCUT2D eigenvalue weighted by atomic mass is 10.0. The topological polar surface area (TPSA) is 86.8 Å². The summed E-state index contributed by atoms with van der Waals surface area (Å²) in [5.74, 6) is 3.00. The van der Waals surface area contributed by atoms with Crippen LogP contribution in [0.4, 0.5) is 5.82 Å². The van der Waals surface area contributed by atoms with E-state index in [0.29, 0.717) is 23.1 Å². The van der Waals surface area contributed by atoms with Crippen molar-refractivity contribution in [3.63, 3.8) is 0 Å². The first-order valence-corrected chi connectivity index (χ1v) is 9.89. The van der Waals surface area contributed by atoms with Gasteiger partial charge in [-0.2, -0.15) is 0 Å². The molecule has 1 saturated carbocycles. The van der Waals surface area contributed by atoms with Crippen molar-refractivity contribution < 1.29 is 4.74 Å². The molecule has 1 aliphatic rings. The van der Waals surface area contributed by atoms with Crippen LogP contribution in [0.2, 0.25) is 0 Å². The third-order valence-electron chi connectivity index (χ3n) is 5.37. The van der Waals surface area contributed by atoms with Crippen molar-refractivity contribution in [1.82, 2.24) is 19.9 Å². The maximum Gasteiger partial charge on any atom is 0.160 e. The van der Waals surface area contributed by atoms with E-state index in [4.69, 9.17) is 15.5 Å². The number of anilines is 1. The molecule has 144 valence electrons. The van der Waals surface area contributed by atoms with E-state index in [0.717, 1.165) is 41.1 Å². The van der Waals surface area contributed by atoms with E-state index in [1.54, 1.807) is 0 Å². The second kappa shape index (κ2) is 7.47. The van der Waals surface area contributed by atoms with Gasteiger partial charge in [0, 0.05) is 11.5 Å². The van der Waals surface area contributed by atoms with E-state index < -0.39 is 0 Å².